The highest BCUT2D eigenvalue weighted by Gasteiger charge is 2.56. The Labute approximate surface area is 113 Å². The third-order valence-electron chi connectivity index (χ3n) is 4.80. The van der Waals surface area contributed by atoms with Gasteiger partial charge in [-0.2, -0.15) is 0 Å². The van der Waals surface area contributed by atoms with Gasteiger partial charge in [-0.25, -0.2) is 0 Å². The molecule has 1 saturated carbocycles. The summed E-state index contributed by atoms with van der Waals surface area (Å²) >= 11 is 0. The average Bonchev–Trinajstić information content (AvgIpc) is 2.87. The van der Waals surface area contributed by atoms with Gasteiger partial charge in [-0.05, 0) is 38.5 Å². The number of esters is 1. The number of rotatable bonds is 5. The maximum absolute atomic E-state index is 12.2. The van der Waals surface area contributed by atoms with E-state index in [-0.39, 0.29) is 17.8 Å². The zero-order valence-electron chi connectivity index (χ0n) is 11.8. The zero-order chi connectivity index (χ0) is 14.2. The molecule has 0 radical (unpaired) electrons. The first-order chi connectivity index (χ1) is 8.99. The smallest absolute Gasteiger partial charge is 0.310 e. The van der Waals surface area contributed by atoms with Crippen LogP contribution in [0.2, 0.25) is 0 Å². The average molecular weight is 266 g/mol. The molecular formula is C15H22O4. The lowest BCUT2D eigenvalue weighted by Crippen LogP contribution is -2.36. The van der Waals surface area contributed by atoms with Crippen molar-refractivity contribution in [3.63, 3.8) is 0 Å². The zero-order valence-corrected chi connectivity index (χ0v) is 11.8. The Kier molecular flexibility index (Phi) is 3.97. The second-order valence-corrected chi connectivity index (χ2v) is 5.73. The molecule has 2 rings (SSSR count). The number of carbonyl (C=O) groups excluding carboxylic acids is 1. The monoisotopic (exact) mass is 266 g/mol. The van der Waals surface area contributed by atoms with Gasteiger partial charge in [0.1, 0.15) is 0 Å². The summed E-state index contributed by atoms with van der Waals surface area (Å²) in [6, 6.07) is 0. The number of hydrogen-bond acceptors (Lipinski definition) is 3. The molecule has 2 aliphatic carbocycles. The van der Waals surface area contributed by atoms with Gasteiger partial charge in [0.05, 0.1) is 18.4 Å². The van der Waals surface area contributed by atoms with E-state index in [0.717, 1.165) is 24.8 Å². The van der Waals surface area contributed by atoms with Gasteiger partial charge < -0.3 is 9.84 Å². The van der Waals surface area contributed by atoms with Crippen LogP contribution in [0, 0.1) is 23.7 Å². The van der Waals surface area contributed by atoms with E-state index in [1.807, 2.05) is 20.8 Å². The summed E-state index contributed by atoms with van der Waals surface area (Å²) in [4.78, 5) is 23.6. The van der Waals surface area contributed by atoms with Crippen molar-refractivity contribution in [3.8, 4) is 0 Å². The molecule has 0 aromatic carbocycles. The minimum absolute atomic E-state index is 0.0197. The quantitative estimate of drug-likeness (QED) is 0.472. The Morgan fingerprint density at radius 3 is 2.32 bits per heavy atom. The first-order valence-corrected chi connectivity index (χ1v) is 7.05. The van der Waals surface area contributed by atoms with Crippen LogP contribution in [0.5, 0.6) is 0 Å². The molecule has 2 aliphatic rings. The van der Waals surface area contributed by atoms with Gasteiger partial charge in [0, 0.05) is 0 Å². The lowest BCUT2D eigenvalue weighted by Gasteiger charge is -2.28. The Hall–Kier alpha value is -1.32. The third-order valence-corrected chi connectivity index (χ3v) is 4.80. The van der Waals surface area contributed by atoms with Gasteiger partial charge in [-0.3, -0.25) is 9.59 Å². The van der Waals surface area contributed by atoms with Crippen LogP contribution in [-0.2, 0) is 14.3 Å². The van der Waals surface area contributed by atoms with Crippen LogP contribution in [0.3, 0.4) is 0 Å². The number of allylic oxidation sites excluding steroid dienone is 2. The molecule has 4 heteroatoms. The molecule has 106 valence electrons. The van der Waals surface area contributed by atoms with Crippen LogP contribution in [-0.4, -0.2) is 23.7 Å². The van der Waals surface area contributed by atoms with Gasteiger partial charge >= 0.3 is 11.9 Å². The van der Waals surface area contributed by atoms with Gasteiger partial charge in [-0.1, -0.05) is 24.5 Å². The van der Waals surface area contributed by atoms with E-state index < -0.39 is 17.8 Å². The summed E-state index contributed by atoms with van der Waals surface area (Å²) in [5.74, 6) is -2.17. The molecule has 2 bridgehead atoms. The van der Waals surface area contributed by atoms with Crippen LogP contribution in [0.1, 0.15) is 40.0 Å². The topological polar surface area (TPSA) is 63.6 Å². The number of hydrogen-bond donors (Lipinski definition) is 1. The van der Waals surface area contributed by atoms with E-state index in [1.165, 1.54) is 5.57 Å². The van der Waals surface area contributed by atoms with Crippen molar-refractivity contribution in [2.75, 3.05) is 6.61 Å². The van der Waals surface area contributed by atoms with Crippen molar-refractivity contribution in [1.29, 1.82) is 0 Å². The predicted octanol–water partition coefficient (Wildman–Crippen LogP) is 2.63. The number of aliphatic carboxylic acids is 1. The van der Waals surface area contributed by atoms with Crippen molar-refractivity contribution in [2.24, 2.45) is 23.7 Å². The van der Waals surface area contributed by atoms with Gasteiger partial charge in [0.2, 0.25) is 0 Å². The molecular weight excluding hydrogens is 244 g/mol. The number of carbonyl (C=O) groups is 2. The maximum Gasteiger partial charge on any atom is 0.310 e. The molecule has 0 heterocycles. The molecule has 0 saturated heterocycles. The van der Waals surface area contributed by atoms with Gasteiger partial charge in [0.15, 0.2) is 0 Å². The van der Waals surface area contributed by atoms with Gasteiger partial charge in [-0.15, -0.1) is 0 Å². The molecule has 4 atom stereocenters. The highest BCUT2D eigenvalue weighted by molar-refractivity contribution is 5.84. The van der Waals surface area contributed by atoms with E-state index in [2.05, 4.69) is 0 Å². The predicted molar refractivity (Wildman–Crippen MR) is 70.5 cm³/mol. The lowest BCUT2D eigenvalue weighted by atomic mass is 9.76. The molecule has 4 unspecified atom stereocenters. The van der Waals surface area contributed by atoms with E-state index >= 15 is 0 Å². The first-order valence-electron chi connectivity index (χ1n) is 7.05. The molecule has 1 N–H and O–H groups in total. The fraction of sp³-hybridized carbons (Fsp3) is 0.733. The normalized spacial score (nSPS) is 32.8. The fourth-order valence-electron chi connectivity index (χ4n) is 3.59. The first kappa shape index (κ1) is 14.1. The Balaban J connectivity index is 2.15. The molecule has 0 spiro atoms. The van der Waals surface area contributed by atoms with E-state index in [1.54, 1.807) is 0 Å². The lowest BCUT2D eigenvalue weighted by molar-refractivity contribution is -0.158. The van der Waals surface area contributed by atoms with Crippen LogP contribution in [0.15, 0.2) is 11.1 Å². The van der Waals surface area contributed by atoms with Crippen molar-refractivity contribution in [3.05, 3.63) is 11.1 Å². The second-order valence-electron chi connectivity index (χ2n) is 5.73. The molecule has 0 aromatic heterocycles. The highest BCUT2D eigenvalue weighted by atomic mass is 16.5. The molecule has 1 fully saturated rings. The van der Waals surface area contributed by atoms with Crippen LogP contribution in [0.25, 0.3) is 0 Å². The van der Waals surface area contributed by atoms with Crippen molar-refractivity contribution in [2.45, 2.75) is 40.0 Å². The van der Waals surface area contributed by atoms with Gasteiger partial charge in [0.25, 0.3) is 0 Å². The van der Waals surface area contributed by atoms with E-state index in [4.69, 9.17) is 4.74 Å². The largest absolute Gasteiger partial charge is 0.481 e. The second kappa shape index (κ2) is 5.35. The van der Waals surface area contributed by atoms with E-state index in [0.29, 0.717) is 6.61 Å². The number of carboxylic acids is 1. The molecule has 0 aliphatic heterocycles. The third kappa shape index (κ3) is 2.28. The SMILES string of the molecule is CCCCOC(=O)C1C2CC(C(C)=C2C)C1C(=O)O. The highest BCUT2D eigenvalue weighted by Crippen LogP contribution is 2.55. The summed E-state index contributed by atoms with van der Waals surface area (Å²) in [5, 5.41) is 9.40. The fourth-order valence-corrected chi connectivity index (χ4v) is 3.59. The Bertz CT molecular complexity index is 424. The number of fused-ring (bicyclic) bond motifs is 2. The van der Waals surface area contributed by atoms with Crippen LogP contribution >= 0.6 is 0 Å². The maximum atomic E-state index is 12.2. The number of carboxylic acid groups (broad SMARTS) is 1. The Morgan fingerprint density at radius 1 is 1.21 bits per heavy atom. The standard InChI is InChI=1S/C15H22O4/c1-4-5-6-19-15(18)13-11-7-10(8(2)9(11)3)12(13)14(16)17/h10-13H,4-7H2,1-3H3,(H,16,17). The minimum atomic E-state index is -0.864. The van der Waals surface area contributed by atoms with Crippen LogP contribution < -0.4 is 0 Å². The summed E-state index contributed by atoms with van der Waals surface area (Å²) in [7, 11) is 0. The van der Waals surface area contributed by atoms with Crippen molar-refractivity contribution in [1.82, 2.24) is 0 Å². The molecule has 0 amide bonds. The summed E-state index contributed by atoms with van der Waals surface area (Å²) < 4.78 is 5.26. The van der Waals surface area contributed by atoms with Crippen molar-refractivity contribution < 1.29 is 19.4 Å². The van der Waals surface area contributed by atoms with Crippen LogP contribution in [0.4, 0.5) is 0 Å². The molecule has 19 heavy (non-hydrogen) atoms. The molecule has 4 nitrogen and oxygen atoms in total. The molecule has 0 aromatic rings. The Morgan fingerprint density at radius 2 is 1.79 bits per heavy atom. The minimum Gasteiger partial charge on any atom is -0.481 e. The number of ether oxygens (including phenoxy) is 1. The summed E-state index contributed by atoms with van der Waals surface area (Å²) in [5.41, 5.74) is 2.36. The van der Waals surface area contributed by atoms with E-state index in [9.17, 15) is 14.7 Å². The summed E-state index contributed by atoms with van der Waals surface area (Å²) in [6.07, 6.45) is 2.59. The van der Waals surface area contributed by atoms with Crippen molar-refractivity contribution >= 4 is 11.9 Å². The summed E-state index contributed by atoms with van der Waals surface area (Å²) in [6.45, 7) is 6.44. The number of unbranched alkanes of at least 4 members (excludes halogenated alkanes) is 1.